The summed E-state index contributed by atoms with van der Waals surface area (Å²) < 4.78 is 23.7. The van der Waals surface area contributed by atoms with E-state index in [0.29, 0.717) is 12.0 Å². The molecule has 0 aromatic heterocycles. The lowest BCUT2D eigenvalue weighted by Crippen LogP contribution is -2.00. The molecule has 0 spiro atoms. The van der Waals surface area contributed by atoms with Gasteiger partial charge >= 0.3 is 0 Å². The highest BCUT2D eigenvalue weighted by molar-refractivity contribution is 5.07. The molecule has 2 heteroatoms. The largest absolute Gasteiger partial charge is 0.259 e. The molecule has 1 rings (SSSR count). The van der Waals surface area contributed by atoms with Gasteiger partial charge in [-0.05, 0) is 31.3 Å². The van der Waals surface area contributed by atoms with Crippen LogP contribution in [-0.4, -0.2) is 6.43 Å². The van der Waals surface area contributed by atoms with Gasteiger partial charge in [-0.25, -0.2) is 8.78 Å². The zero-order valence-electron chi connectivity index (χ0n) is 5.24. The van der Waals surface area contributed by atoms with Gasteiger partial charge in [0.05, 0.1) is 0 Å². The molecule has 0 heterocycles. The van der Waals surface area contributed by atoms with Crippen LogP contribution in [0.2, 0.25) is 0 Å². The highest BCUT2D eigenvalue weighted by Crippen LogP contribution is 2.22. The fourth-order valence-corrected chi connectivity index (χ4v) is 1.06. The Bertz CT molecular complexity index is 116. The maximum Gasteiger partial charge on any atom is 0.259 e. The van der Waals surface area contributed by atoms with Gasteiger partial charge in [-0.3, -0.25) is 0 Å². The van der Waals surface area contributed by atoms with Crippen LogP contribution in [0.5, 0.6) is 0 Å². The Morgan fingerprint density at radius 1 is 1.33 bits per heavy atom. The van der Waals surface area contributed by atoms with E-state index < -0.39 is 6.43 Å². The molecule has 1 aliphatic carbocycles. The van der Waals surface area contributed by atoms with E-state index in [2.05, 4.69) is 0 Å². The summed E-state index contributed by atoms with van der Waals surface area (Å²) in [5.74, 6) is 0. The van der Waals surface area contributed by atoms with Gasteiger partial charge in [0, 0.05) is 0 Å². The summed E-state index contributed by atoms with van der Waals surface area (Å²) in [5.41, 5.74) is 0.348. The smallest absolute Gasteiger partial charge is 0.205 e. The Labute approximate surface area is 53.6 Å². The summed E-state index contributed by atoms with van der Waals surface area (Å²) in [6.07, 6.45) is 2.95. The van der Waals surface area contributed by atoms with Crippen molar-refractivity contribution in [1.29, 1.82) is 0 Å². The van der Waals surface area contributed by atoms with Crippen LogP contribution >= 0.6 is 0 Å². The summed E-state index contributed by atoms with van der Waals surface area (Å²) in [5, 5.41) is 0. The Kier molecular flexibility index (Phi) is 2.20. The molecule has 0 bridgehead atoms. The van der Waals surface area contributed by atoms with Gasteiger partial charge in [-0.1, -0.05) is 6.08 Å². The summed E-state index contributed by atoms with van der Waals surface area (Å²) in [4.78, 5) is 0. The summed E-state index contributed by atoms with van der Waals surface area (Å²) in [6, 6.07) is 0. The first-order valence-corrected chi connectivity index (χ1v) is 3.28. The summed E-state index contributed by atoms with van der Waals surface area (Å²) >= 11 is 0. The molecule has 0 atom stereocenters. The molecular weight excluding hydrogens is 122 g/mol. The van der Waals surface area contributed by atoms with Crippen LogP contribution in [0.3, 0.4) is 0 Å². The van der Waals surface area contributed by atoms with Crippen LogP contribution in [0.4, 0.5) is 8.78 Å². The first kappa shape index (κ1) is 6.72. The minimum Gasteiger partial charge on any atom is -0.205 e. The summed E-state index contributed by atoms with van der Waals surface area (Å²) in [6.45, 7) is 0. The molecule has 52 valence electrons. The zero-order chi connectivity index (χ0) is 6.69. The van der Waals surface area contributed by atoms with Gasteiger partial charge in [-0.2, -0.15) is 0 Å². The van der Waals surface area contributed by atoms with E-state index in [1.54, 1.807) is 6.08 Å². The second-order valence-electron chi connectivity index (χ2n) is 2.33. The third kappa shape index (κ3) is 1.77. The van der Waals surface area contributed by atoms with Crippen LogP contribution in [-0.2, 0) is 0 Å². The molecule has 0 unspecified atom stereocenters. The van der Waals surface area contributed by atoms with Crippen molar-refractivity contribution >= 4 is 0 Å². The number of rotatable bonds is 1. The van der Waals surface area contributed by atoms with Crippen molar-refractivity contribution in [3.8, 4) is 0 Å². The zero-order valence-corrected chi connectivity index (χ0v) is 5.24. The molecular formula is C7H10F2. The quantitative estimate of drug-likeness (QED) is 0.481. The topological polar surface area (TPSA) is 0 Å². The number of allylic oxidation sites excluding steroid dienone is 2. The van der Waals surface area contributed by atoms with Gasteiger partial charge in [-0.15, -0.1) is 0 Å². The van der Waals surface area contributed by atoms with E-state index >= 15 is 0 Å². The third-order valence-corrected chi connectivity index (χ3v) is 1.61. The van der Waals surface area contributed by atoms with Crippen molar-refractivity contribution in [1.82, 2.24) is 0 Å². The lowest BCUT2D eigenvalue weighted by atomic mass is 10.0. The van der Waals surface area contributed by atoms with Crippen LogP contribution in [0.1, 0.15) is 25.7 Å². The normalized spacial score (nSPS) is 20.1. The standard InChI is InChI=1S/C7H10F2/c8-7(9)6-4-2-1-3-5-6/h4,7H,1-3,5H2. The van der Waals surface area contributed by atoms with Crippen molar-refractivity contribution in [2.75, 3.05) is 0 Å². The van der Waals surface area contributed by atoms with Crippen LogP contribution < -0.4 is 0 Å². The Morgan fingerprint density at radius 2 is 2.11 bits per heavy atom. The molecule has 0 amide bonds. The van der Waals surface area contributed by atoms with E-state index in [-0.39, 0.29) is 0 Å². The van der Waals surface area contributed by atoms with Gasteiger partial charge < -0.3 is 0 Å². The van der Waals surface area contributed by atoms with Crippen LogP contribution in [0, 0.1) is 0 Å². The van der Waals surface area contributed by atoms with E-state index in [1.165, 1.54) is 0 Å². The van der Waals surface area contributed by atoms with Crippen molar-refractivity contribution < 1.29 is 8.78 Å². The van der Waals surface area contributed by atoms with E-state index in [1.807, 2.05) is 0 Å². The highest BCUT2D eigenvalue weighted by atomic mass is 19.3. The summed E-state index contributed by atoms with van der Waals surface area (Å²) in [7, 11) is 0. The van der Waals surface area contributed by atoms with Crippen molar-refractivity contribution in [3.05, 3.63) is 11.6 Å². The Balaban J connectivity index is 2.46. The van der Waals surface area contributed by atoms with Crippen molar-refractivity contribution in [3.63, 3.8) is 0 Å². The van der Waals surface area contributed by atoms with Crippen LogP contribution in [0.15, 0.2) is 11.6 Å². The molecule has 0 aromatic rings. The second kappa shape index (κ2) is 2.95. The molecule has 9 heavy (non-hydrogen) atoms. The lowest BCUT2D eigenvalue weighted by Gasteiger charge is -2.10. The molecule has 1 aliphatic rings. The predicted octanol–water partition coefficient (Wildman–Crippen LogP) is 2.75. The average Bonchev–Trinajstić information content (AvgIpc) is 1.90. The van der Waals surface area contributed by atoms with Gasteiger partial charge in [0.1, 0.15) is 0 Å². The molecule has 0 aromatic carbocycles. The average molecular weight is 132 g/mol. The fraction of sp³-hybridized carbons (Fsp3) is 0.714. The van der Waals surface area contributed by atoms with E-state index in [9.17, 15) is 8.78 Å². The minimum absolute atomic E-state index is 0.348. The SMILES string of the molecule is FC(F)C1=CCCCC1. The van der Waals surface area contributed by atoms with E-state index in [4.69, 9.17) is 0 Å². The number of hydrogen-bond acceptors (Lipinski definition) is 0. The predicted molar refractivity (Wildman–Crippen MR) is 32.6 cm³/mol. The van der Waals surface area contributed by atoms with Crippen LogP contribution in [0.25, 0.3) is 0 Å². The molecule has 0 saturated heterocycles. The Morgan fingerprint density at radius 3 is 2.44 bits per heavy atom. The van der Waals surface area contributed by atoms with Gasteiger partial charge in [0.15, 0.2) is 0 Å². The first-order chi connectivity index (χ1) is 4.30. The minimum atomic E-state index is -2.20. The Hall–Kier alpha value is -0.400. The lowest BCUT2D eigenvalue weighted by molar-refractivity contribution is 0.182. The van der Waals surface area contributed by atoms with Gasteiger partial charge in [0.25, 0.3) is 6.43 Å². The molecule has 0 aliphatic heterocycles. The fourth-order valence-electron chi connectivity index (χ4n) is 1.06. The van der Waals surface area contributed by atoms with E-state index in [0.717, 1.165) is 19.3 Å². The maximum absolute atomic E-state index is 11.9. The van der Waals surface area contributed by atoms with Crippen molar-refractivity contribution in [2.45, 2.75) is 32.1 Å². The monoisotopic (exact) mass is 132 g/mol. The number of hydrogen-bond donors (Lipinski definition) is 0. The third-order valence-electron chi connectivity index (χ3n) is 1.61. The molecule has 0 saturated carbocycles. The number of halogens is 2. The highest BCUT2D eigenvalue weighted by Gasteiger charge is 2.12. The first-order valence-electron chi connectivity index (χ1n) is 3.28. The molecule has 0 radical (unpaired) electrons. The molecule has 0 fully saturated rings. The molecule has 0 N–H and O–H groups in total. The van der Waals surface area contributed by atoms with Crippen molar-refractivity contribution in [2.24, 2.45) is 0 Å². The second-order valence-corrected chi connectivity index (χ2v) is 2.33. The molecule has 0 nitrogen and oxygen atoms in total. The van der Waals surface area contributed by atoms with Gasteiger partial charge in [0.2, 0.25) is 0 Å². The maximum atomic E-state index is 11.9. The number of alkyl halides is 2.